The van der Waals surface area contributed by atoms with Gasteiger partial charge in [-0.15, -0.1) is 0 Å². The Bertz CT molecular complexity index is 774. The lowest BCUT2D eigenvalue weighted by atomic mass is 10.0. The molecule has 6 heteroatoms. The minimum Gasteiger partial charge on any atom is -0.500 e. The van der Waals surface area contributed by atoms with Crippen molar-refractivity contribution in [2.75, 3.05) is 7.11 Å². The van der Waals surface area contributed by atoms with Gasteiger partial charge in [0.05, 0.1) is 0 Å². The van der Waals surface area contributed by atoms with Crippen LogP contribution in [0.4, 0.5) is 4.79 Å². The first kappa shape index (κ1) is 21.9. The van der Waals surface area contributed by atoms with Gasteiger partial charge in [0.15, 0.2) is 5.05 Å². The Labute approximate surface area is 171 Å². The fraction of sp³-hybridized carbons (Fsp3) is 0.364. The van der Waals surface area contributed by atoms with Crippen LogP contribution in [0.5, 0.6) is 0 Å². The Morgan fingerprint density at radius 1 is 1.07 bits per heavy atom. The Hall–Kier alpha value is -2.44. The molecule has 2 aromatic rings. The SMILES string of the molecule is COC(c1ccccc1)C(C(O)=S)N(Cc1ccccc1)C(=O)OC(C)(C)C. The van der Waals surface area contributed by atoms with Gasteiger partial charge in [-0.25, -0.2) is 4.79 Å². The number of ether oxygens (including phenoxy) is 2. The van der Waals surface area contributed by atoms with Crippen molar-refractivity contribution < 1.29 is 19.4 Å². The maximum atomic E-state index is 13.0. The van der Waals surface area contributed by atoms with Crippen LogP contribution in [0.25, 0.3) is 0 Å². The zero-order valence-corrected chi connectivity index (χ0v) is 17.5. The summed E-state index contributed by atoms with van der Waals surface area (Å²) in [5.74, 6) is 0. The molecule has 0 fully saturated rings. The lowest BCUT2D eigenvalue weighted by Gasteiger charge is -2.36. The van der Waals surface area contributed by atoms with Crippen LogP contribution in [0, 0.1) is 0 Å². The lowest BCUT2D eigenvalue weighted by molar-refractivity contribution is -0.00796. The minimum atomic E-state index is -0.891. The topological polar surface area (TPSA) is 59.0 Å². The van der Waals surface area contributed by atoms with E-state index in [9.17, 15) is 9.90 Å². The highest BCUT2D eigenvalue weighted by Crippen LogP contribution is 2.28. The molecule has 150 valence electrons. The molecule has 2 unspecified atom stereocenters. The maximum Gasteiger partial charge on any atom is 0.411 e. The van der Waals surface area contributed by atoms with Gasteiger partial charge in [-0.1, -0.05) is 60.7 Å². The van der Waals surface area contributed by atoms with Crippen LogP contribution in [-0.2, 0) is 16.0 Å². The molecule has 0 spiro atoms. The molecule has 2 atom stereocenters. The van der Waals surface area contributed by atoms with Gasteiger partial charge >= 0.3 is 6.09 Å². The van der Waals surface area contributed by atoms with Crippen molar-refractivity contribution in [2.24, 2.45) is 0 Å². The normalized spacial score (nSPS) is 13.4. The predicted molar refractivity (Wildman–Crippen MR) is 113 cm³/mol. The molecule has 0 bridgehead atoms. The van der Waals surface area contributed by atoms with E-state index in [1.165, 1.54) is 12.0 Å². The summed E-state index contributed by atoms with van der Waals surface area (Å²) in [6.07, 6.45) is -1.22. The predicted octanol–water partition coefficient (Wildman–Crippen LogP) is 5.07. The number of carbonyl (C=O) groups excluding carboxylic acids is 1. The van der Waals surface area contributed by atoms with E-state index in [2.05, 4.69) is 0 Å². The molecule has 2 rings (SSSR count). The van der Waals surface area contributed by atoms with Crippen LogP contribution in [0.2, 0.25) is 0 Å². The van der Waals surface area contributed by atoms with Crippen LogP contribution in [0.1, 0.15) is 38.0 Å². The maximum absolute atomic E-state index is 13.0. The molecule has 0 aliphatic heterocycles. The first-order chi connectivity index (χ1) is 13.2. The van der Waals surface area contributed by atoms with Crippen molar-refractivity contribution in [3.63, 3.8) is 0 Å². The highest BCUT2D eigenvalue weighted by atomic mass is 32.1. The van der Waals surface area contributed by atoms with Gasteiger partial charge in [-0.3, -0.25) is 4.90 Å². The van der Waals surface area contributed by atoms with Gasteiger partial charge in [-0.05, 0) is 44.1 Å². The summed E-state index contributed by atoms with van der Waals surface area (Å²) in [5, 5.41) is 10.0. The number of benzene rings is 2. The fourth-order valence-corrected chi connectivity index (χ4v) is 3.14. The molecular formula is C22H27NO4S. The van der Waals surface area contributed by atoms with E-state index in [4.69, 9.17) is 21.7 Å². The number of hydrogen-bond acceptors (Lipinski definition) is 4. The quantitative estimate of drug-likeness (QED) is 0.657. The Morgan fingerprint density at radius 2 is 1.61 bits per heavy atom. The van der Waals surface area contributed by atoms with Crippen LogP contribution < -0.4 is 0 Å². The van der Waals surface area contributed by atoms with Crippen LogP contribution in [0.3, 0.4) is 0 Å². The van der Waals surface area contributed by atoms with Gasteiger partial charge in [0.1, 0.15) is 17.7 Å². The van der Waals surface area contributed by atoms with Crippen molar-refractivity contribution in [3.05, 3.63) is 71.8 Å². The summed E-state index contributed by atoms with van der Waals surface area (Å²) < 4.78 is 11.3. The van der Waals surface area contributed by atoms with Crippen molar-refractivity contribution >= 4 is 23.4 Å². The van der Waals surface area contributed by atoms with E-state index < -0.39 is 23.8 Å². The Morgan fingerprint density at radius 3 is 2.07 bits per heavy atom. The van der Waals surface area contributed by atoms with Gasteiger partial charge in [0, 0.05) is 13.7 Å². The molecule has 0 radical (unpaired) electrons. The molecule has 0 aliphatic rings. The Kier molecular flexibility index (Phi) is 7.54. The van der Waals surface area contributed by atoms with Gasteiger partial charge in [0.2, 0.25) is 0 Å². The van der Waals surface area contributed by atoms with E-state index >= 15 is 0 Å². The first-order valence-electron chi connectivity index (χ1n) is 9.07. The average molecular weight is 402 g/mol. The summed E-state index contributed by atoms with van der Waals surface area (Å²) in [5.41, 5.74) is 0.994. The number of nitrogens with zero attached hydrogens (tertiary/aromatic N) is 1. The van der Waals surface area contributed by atoms with E-state index in [-0.39, 0.29) is 11.6 Å². The average Bonchev–Trinajstić information content (AvgIpc) is 2.64. The molecule has 5 nitrogen and oxygen atoms in total. The number of rotatable bonds is 7. The lowest BCUT2D eigenvalue weighted by Crippen LogP contribution is -2.49. The van der Waals surface area contributed by atoms with Crippen molar-refractivity contribution in [2.45, 2.75) is 45.1 Å². The number of amides is 1. The smallest absolute Gasteiger partial charge is 0.411 e. The second-order valence-corrected chi connectivity index (χ2v) is 7.86. The molecule has 28 heavy (non-hydrogen) atoms. The summed E-state index contributed by atoms with van der Waals surface area (Å²) >= 11 is 5.14. The third-order valence-electron chi connectivity index (χ3n) is 4.08. The summed E-state index contributed by atoms with van der Waals surface area (Å²) in [6.45, 7) is 5.60. The second-order valence-electron chi connectivity index (χ2n) is 7.44. The molecule has 0 aliphatic carbocycles. The van der Waals surface area contributed by atoms with Crippen molar-refractivity contribution in [1.29, 1.82) is 0 Å². The molecule has 0 saturated heterocycles. The summed E-state index contributed by atoms with van der Waals surface area (Å²) in [6, 6.07) is 18.0. The molecule has 1 amide bonds. The number of carbonyl (C=O) groups is 1. The number of hydrogen-bond donors (Lipinski definition) is 1. The van der Waals surface area contributed by atoms with E-state index in [1.807, 2.05) is 60.7 Å². The van der Waals surface area contributed by atoms with Gasteiger partial charge in [-0.2, -0.15) is 0 Å². The second kappa shape index (κ2) is 9.66. The third-order valence-corrected chi connectivity index (χ3v) is 4.32. The molecule has 2 aromatic carbocycles. The number of thiocarbonyl (C=S) groups is 1. The summed E-state index contributed by atoms with van der Waals surface area (Å²) in [7, 11) is 1.53. The van der Waals surface area contributed by atoms with Gasteiger partial charge in [0.25, 0.3) is 0 Å². The van der Waals surface area contributed by atoms with Gasteiger partial charge < -0.3 is 14.6 Å². The first-order valence-corrected chi connectivity index (χ1v) is 9.48. The molecule has 0 heterocycles. The molecule has 0 aromatic heterocycles. The zero-order chi connectivity index (χ0) is 20.7. The molecule has 0 saturated carbocycles. The van der Waals surface area contributed by atoms with Crippen molar-refractivity contribution in [3.8, 4) is 0 Å². The zero-order valence-electron chi connectivity index (χ0n) is 16.7. The Balaban J connectivity index is 2.46. The number of methoxy groups -OCH3 is 1. The van der Waals surface area contributed by atoms with E-state index in [0.29, 0.717) is 0 Å². The minimum absolute atomic E-state index is 0.216. The van der Waals surface area contributed by atoms with E-state index in [1.54, 1.807) is 20.8 Å². The monoisotopic (exact) mass is 401 g/mol. The molecular weight excluding hydrogens is 374 g/mol. The van der Waals surface area contributed by atoms with Crippen molar-refractivity contribution in [1.82, 2.24) is 4.90 Å². The van der Waals surface area contributed by atoms with Crippen LogP contribution in [0.15, 0.2) is 60.7 Å². The highest BCUT2D eigenvalue weighted by Gasteiger charge is 2.37. The largest absolute Gasteiger partial charge is 0.500 e. The number of aliphatic hydroxyl groups excluding tert-OH is 1. The third kappa shape index (κ3) is 6.04. The molecule has 1 N–H and O–H groups in total. The van der Waals surface area contributed by atoms with E-state index in [0.717, 1.165) is 11.1 Å². The standard InChI is InChI=1S/C22H27NO4S/c1-22(2,3)27-21(25)23(15-16-11-7-5-8-12-16)18(20(24)28)19(26-4)17-13-9-6-10-14-17/h5-14,18-19H,15H2,1-4H3,(H,24,28). The highest BCUT2D eigenvalue weighted by molar-refractivity contribution is 7.80. The number of aliphatic hydroxyl groups is 1. The van der Waals surface area contributed by atoms with Crippen LogP contribution >= 0.6 is 12.2 Å². The summed E-state index contributed by atoms with van der Waals surface area (Å²) in [4.78, 5) is 14.5. The van der Waals surface area contributed by atoms with Crippen LogP contribution in [-0.4, -0.2) is 39.9 Å². The fourth-order valence-electron chi connectivity index (χ4n) is 2.89.